The molecule has 0 spiro atoms. The molecule has 3 atom stereocenters. The van der Waals surface area contributed by atoms with E-state index >= 15 is 0 Å². The summed E-state index contributed by atoms with van der Waals surface area (Å²) in [4.78, 5) is 0. The number of hydrogen-bond donors (Lipinski definition) is 2. The molecular formula is C20H25O4P. The Labute approximate surface area is 148 Å². The summed E-state index contributed by atoms with van der Waals surface area (Å²) in [5.41, 5.74) is 2.20. The molecule has 5 heteroatoms. The molecule has 0 radical (unpaired) electrons. The van der Waals surface area contributed by atoms with Gasteiger partial charge in [-0.3, -0.25) is 0 Å². The molecule has 3 rings (SSSR count). The predicted molar refractivity (Wildman–Crippen MR) is 100 cm³/mol. The Kier molecular flexibility index (Phi) is 5.45. The highest BCUT2D eigenvalue weighted by molar-refractivity contribution is 7.78. The van der Waals surface area contributed by atoms with Crippen molar-refractivity contribution in [3.63, 3.8) is 0 Å². The molecule has 0 aliphatic carbocycles. The third kappa shape index (κ3) is 3.88. The first-order chi connectivity index (χ1) is 11.9. The van der Waals surface area contributed by atoms with Crippen LogP contribution in [0, 0.1) is 13.8 Å². The van der Waals surface area contributed by atoms with E-state index in [0.717, 1.165) is 21.7 Å². The summed E-state index contributed by atoms with van der Waals surface area (Å²) >= 11 is 0. The van der Waals surface area contributed by atoms with Crippen LogP contribution in [-0.4, -0.2) is 41.3 Å². The minimum Gasteiger partial charge on any atom is -0.390 e. The largest absolute Gasteiger partial charge is 0.390 e. The fourth-order valence-corrected chi connectivity index (χ4v) is 6.01. The lowest BCUT2D eigenvalue weighted by Crippen LogP contribution is -2.47. The van der Waals surface area contributed by atoms with Crippen LogP contribution in [0.1, 0.15) is 17.5 Å². The van der Waals surface area contributed by atoms with Crippen molar-refractivity contribution in [2.75, 3.05) is 12.8 Å². The molecule has 134 valence electrons. The monoisotopic (exact) mass is 360 g/mol. The zero-order valence-electron chi connectivity index (χ0n) is 14.6. The molecule has 1 aliphatic heterocycles. The van der Waals surface area contributed by atoms with Crippen molar-refractivity contribution in [2.24, 2.45) is 0 Å². The average Bonchev–Trinajstić information content (AvgIpc) is 2.60. The molecule has 2 aromatic rings. The molecule has 0 saturated carbocycles. The van der Waals surface area contributed by atoms with Gasteiger partial charge in [-0.15, -0.1) is 0 Å². The topological polar surface area (TPSA) is 66.8 Å². The van der Waals surface area contributed by atoms with Crippen LogP contribution in [0.4, 0.5) is 0 Å². The lowest BCUT2D eigenvalue weighted by Gasteiger charge is -2.34. The van der Waals surface area contributed by atoms with E-state index in [1.54, 1.807) is 0 Å². The first-order valence-corrected chi connectivity index (χ1v) is 10.5. The minimum absolute atomic E-state index is 0.178. The Bertz CT molecular complexity index is 705. The maximum absolute atomic E-state index is 14.1. The maximum Gasteiger partial charge on any atom is 0.145 e. The van der Waals surface area contributed by atoms with Gasteiger partial charge >= 0.3 is 0 Å². The Hall–Kier alpha value is -1.45. The van der Waals surface area contributed by atoms with Gasteiger partial charge in [0, 0.05) is 23.4 Å². The third-order valence-corrected chi connectivity index (χ3v) is 8.00. The van der Waals surface area contributed by atoms with Crippen molar-refractivity contribution in [3.05, 3.63) is 59.7 Å². The van der Waals surface area contributed by atoms with Crippen LogP contribution in [0.3, 0.4) is 0 Å². The first kappa shape index (κ1) is 18.3. The van der Waals surface area contributed by atoms with Crippen LogP contribution in [0.2, 0.25) is 0 Å². The van der Waals surface area contributed by atoms with Crippen LogP contribution in [0.25, 0.3) is 0 Å². The molecule has 2 N–H and O–H groups in total. The lowest BCUT2D eigenvalue weighted by molar-refractivity contribution is -0.125. The fraction of sp³-hybridized carbons (Fsp3) is 0.400. The summed E-state index contributed by atoms with van der Waals surface area (Å²) in [5, 5.41) is 21.7. The van der Waals surface area contributed by atoms with E-state index in [2.05, 4.69) is 0 Å². The second kappa shape index (κ2) is 7.43. The normalized spacial score (nSPS) is 24.2. The second-order valence-electron chi connectivity index (χ2n) is 6.85. The third-order valence-electron chi connectivity index (χ3n) is 4.86. The van der Waals surface area contributed by atoms with E-state index in [0.29, 0.717) is 13.0 Å². The number of hydrogen-bond acceptors (Lipinski definition) is 4. The second-order valence-corrected chi connectivity index (χ2v) is 9.73. The van der Waals surface area contributed by atoms with Gasteiger partial charge in [0.25, 0.3) is 0 Å². The maximum atomic E-state index is 14.1. The molecule has 4 nitrogen and oxygen atoms in total. The average molecular weight is 360 g/mol. The fourth-order valence-electron chi connectivity index (χ4n) is 3.20. The van der Waals surface area contributed by atoms with Gasteiger partial charge in [-0.2, -0.15) is 0 Å². The summed E-state index contributed by atoms with van der Waals surface area (Å²) in [6, 6.07) is 15.4. The summed E-state index contributed by atoms with van der Waals surface area (Å²) < 4.78 is 19.8. The van der Waals surface area contributed by atoms with E-state index in [1.165, 1.54) is 0 Å². The molecular weight excluding hydrogens is 335 g/mol. The molecule has 25 heavy (non-hydrogen) atoms. The van der Waals surface area contributed by atoms with Crippen LogP contribution in [0.15, 0.2) is 48.5 Å². The van der Waals surface area contributed by atoms with Gasteiger partial charge in [-0.1, -0.05) is 59.7 Å². The Morgan fingerprint density at radius 3 is 1.92 bits per heavy atom. The molecule has 0 amide bonds. The van der Waals surface area contributed by atoms with Crippen molar-refractivity contribution >= 4 is 17.8 Å². The SMILES string of the molecule is Cc1ccc(P(=O)(C[C@H]2OCC[C@H](O)[C@@H]2O)c2ccc(C)cc2)cc1. The molecule has 1 aliphatic rings. The van der Waals surface area contributed by atoms with Gasteiger partial charge in [0.1, 0.15) is 13.2 Å². The number of rotatable bonds is 4. The van der Waals surface area contributed by atoms with Crippen LogP contribution in [-0.2, 0) is 9.30 Å². The summed E-state index contributed by atoms with van der Waals surface area (Å²) in [5.74, 6) is 0. The summed E-state index contributed by atoms with van der Waals surface area (Å²) in [6.45, 7) is 4.35. The van der Waals surface area contributed by atoms with Gasteiger partial charge in [0.2, 0.25) is 0 Å². The molecule has 0 unspecified atom stereocenters. The number of benzene rings is 2. The predicted octanol–water partition coefficient (Wildman–Crippen LogP) is 2.13. The highest BCUT2D eigenvalue weighted by Crippen LogP contribution is 2.45. The van der Waals surface area contributed by atoms with Gasteiger partial charge in [-0.25, -0.2) is 0 Å². The molecule has 1 saturated heterocycles. The number of ether oxygens (including phenoxy) is 1. The van der Waals surface area contributed by atoms with Crippen molar-refractivity contribution in [1.82, 2.24) is 0 Å². The van der Waals surface area contributed by atoms with Crippen molar-refractivity contribution in [1.29, 1.82) is 0 Å². The highest BCUT2D eigenvalue weighted by Gasteiger charge is 2.38. The minimum atomic E-state index is -2.99. The smallest absolute Gasteiger partial charge is 0.145 e. The van der Waals surface area contributed by atoms with E-state index in [9.17, 15) is 14.8 Å². The zero-order chi connectivity index (χ0) is 18.0. The van der Waals surface area contributed by atoms with E-state index < -0.39 is 25.5 Å². The lowest BCUT2D eigenvalue weighted by atomic mass is 10.0. The number of aliphatic hydroxyl groups is 2. The standard InChI is InChI=1S/C20H25O4P/c1-14-3-7-16(8-4-14)25(23,17-9-5-15(2)6-10-17)13-19-20(22)18(21)11-12-24-19/h3-10,18-22H,11-13H2,1-2H3/t18-,19+,20-/m0/s1. The van der Waals surface area contributed by atoms with Gasteiger partial charge in [0.05, 0.1) is 12.2 Å². The molecule has 1 heterocycles. The zero-order valence-corrected chi connectivity index (χ0v) is 15.5. The van der Waals surface area contributed by atoms with Crippen molar-refractivity contribution in [2.45, 2.75) is 38.6 Å². The van der Waals surface area contributed by atoms with Crippen LogP contribution < -0.4 is 10.6 Å². The summed E-state index contributed by atoms with van der Waals surface area (Å²) in [7, 11) is -2.99. The van der Waals surface area contributed by atoms with E-state index in [1.807, 2.05) is 62.4 Å². The van der Waals surface area contributed by atoms with E-state index in [4.69, 9.17) is 4.74 Å². The summed E-state index contributed by atoms with van der Waals surface area (Å²) in [6.07, 6.45) is -1.91. The van der Waals surface area contributed by atoms with Crippen molar-refractivity contribution < 1.29 is 19.5 Å². The van der Waals surface area contributed by atoms with E-state index in [-0.39, 0.29) is 6.16 Å². The molecule has 2 aromatic carbocycles. The van der Waals surface area contributed by atoms with Gasteiger partial charge < -0.3 is 19.5 Å². The first-order valence-electron chi connectivity index (χ1n) is 8.61. The Balaban J connectivity index is 2.01. The van der Waals surface area contributed by atoms with Crippen LogP contribution >= 0.6 is 7.14 Å². The number of aliphatic hydroxyl groups excluding tert-OH is 2. The molecule has 1 fully saturated rings. The molecule has 0 aromatic heterocycles. The highest BCUT2D eigenvalue weighted by atomic mass is 31.2. The number of aryl methyl sites for hydroxylation is 2. The Morgan fingerprint density at radius 2 is 1.44 bits per heavy atom. The Morgan fingerprint density at radius 1 is 0.960 bits per heavy atom. The molecule has 0 bridgehead atoms. The van der Waals surface area contributed by atoms with Gasteiger partial charge in [-0.05, 0) is 20.3 Å². The quantitative estimate of drug-likeness (QED) is 0.820. The van der Waals surface area contributed by atoms with Crippen LogP contribution in [0.5, 0.6) is 0 Å². The van der Waals surface area contributed by atoms with Crippen molar-refractivity contribution in [3.8, 4) is 0 Å². The van der Waals surface area contributed by atoms with Gasteiger partial charge in [0.15, 0.2) is 0 Å².